The minimum Gasteiger partial charge on any atom is -0.463 e. The van der Waals surface area contributed by atoms with Gasteiger partial charge in [0, 0.05) is 6.42 Å². The zero-order valence-corrected chi connectivity index (χ0v) is 19.4. The number of aliphatic hydroxyl groups is 1. The fourth-order valence-corrected chi connectivity index (χ4v) is 3.18. The molecule has 3 nitrogen and oxygen atoms in total. The van der Waals surface area contributed by atoms with Crippen LogP contribution in [0.2, 0.25) is 0 Å². The zero-order chi connectivity index (χ0) is 21.5. The number of hydrogen-bond donors (Lipinski definition) is 1. The van der Waals surface area contributed by atoms with E-state index >= 15 is 0 Å². The number of benzene rings is 1. The van der Waals surface area contributed by atoms with Gasteiger partial charge < -0.3 is 9.84 Å². The summed E-state index contributed by atoms with van der Waals surface area (Å²) in [6, 6.07) is 6.47. The first-order chi connectivity index (χ1) is 12.9. The maximum absolute atomic E-state index is 12.3. The van der Waals surface area contributed by atoms with Crippen molar-refractivity contribution in [2.24, 2.45) is 5.92 Å². The van der Waals surface area contributed by atoms with Gasteiger partial charge in [0.1, 0.15) is 0 Å². The van der Waals surface area contributed by atoms with E-state index in [0.717, 1.165) is 31.2 Å². The molecule has 0 heterocycles. The number of esters is 1. The van der Waals surface area contributed by atoms with Gasteiger partial charge in [0.05, 0.1) is 6.61 Å². The molecule has 160 valence electrons. The summed E-state index contributed by atoms with van der Waals surface area (Å²) in [5.41, 5.74) is 3.45. The second kappa shape index (κ2) is 10.4. The molecule has 0 saturated heterocycles. The molecule has 2 atom stereocenters. The molecular formula is C25H42O3. The predicted octanol–water partition coefficient (Wildman–Crippen LogP) is 5.94. The van der Waals surface area contributed by atoms with Gasteiger partial charge in [0.2, 0.25) is 0 Å². The summed E-state index contributed by atoms with van der Waals surface area (Å²) in [6.07, 6.45) is 3.52. The lowest BCUT2D eigenvalue weighted by Gasteiger charge is -2.26. The van der Waals surface area contributed by atoms with E-state index in [9.17, 15) is 9.90 Å². The summed E-state index contributed by atoms with van der Waals surface area (Å²) in [5.74, 6) is -0.124. The molecule has 1 aromatic carbocycles. The third kappa shape index (κ3) is 7.95. The Morgan fingerprint density at radius 1 is 1.00 bits per heavy atom. The van der Waals surface area contributed by atoms with Crippen LogP contribution in [-0.2, 0) is 26.8 Å². The van der Waals surface area contributed by atoms with Crippen LogP contribution in [0.5, 0.6) is 0 Å². The highest BCUT2D eigenvalue weighted by Crippen LogP contribution is 2.30. The minimum absolute atomic E-state index is 0.00902. The lowest BCUT2D eigenvalue weighted by Crippen LogP contribution is -2.28. The zero-order valence-electron chi connectivity index (χ0n) is 19.4. The summed E-state index contributed by atoms with van der Waals surface area (Å²) in [4.78, 5) is 12.3. The first kappa shape index (κ1) is 24.7. The molecule has 0 saturated carbocycles. The molecule has 0 bridgehead atoms. The molecule has 0 spiro atoms. The third-order valence-corrected chi connectivity index (χ3v) is 5.43. The standard InChI is InChI=1S/C25H42O3/c1-9-11-12-18(10-2)17-28-23(27)22(26)15-19-13-20(24(3,4)5)16-21(14-19)25(6,7)8/h13-14,16,18,22,26H,9-12,15,17H2,1-8H3. The SMILES string of the molecule is CCCCC(CC)COC(=O)C(O)Cc1cc(C(C)(C)C)cc(C(C)(C)C)c1. The fourth-order valence-electron chi connectivity index (χ4n) is 3.18. The van der Waals surface area contributed by atoms with E-state index in [1.807, 2.05) is 0 Å². The molecule has 0 radical (unpaired) electrons. The van der Waals surface area contributed by atoms with E-state index in [0.29, 0.717) is 12.5 Å². The van der Waals surface area contributed by atoms with Gasteiger partial charge >= 0.3 is 5.97 Å². The van der Waals surface area contributed by atoms with E-state index in [4.69, 9.17) is 4.74 Å². The second-order valence-electron chi connectivity index (χ2n) is 10.2. The molecule has 3 heteroatoms. The Bertz CT molecular complexity index is 587. The van der Waals surface area contributed by atoms with Gasteiger partial charge in [-0.3, -0.25) is 0 Å². The summed E-state index contributed by atoms with van der Waals surface area (Å²) < 4.78 is 5.43. The Hall–Kier alpha value is -1.35. The van der Waals surface area contributed by atoms with Crippen LogP contribution in [0.15, 0.2) is 18.2 Å². The van der Waals surface area contributed by atoms with Crippen molar-refractivity contribution in [2.45, 2.75) is 104 Å². The van der Waals surface area contributed by atoms with E-state index in [1.54, 1.807) is 0 Å². The number of aliphatic hydroxyl groups excluding tert-OH is 1. The van der Waals surface area contributed by atoms with Crippen molar-refractivity contribution in [1.29, 1.82) is 0 Å². The maximum atomic E-state index is 12.3. The Kier molecular flexibility index (Phi) is 9.20. The van der Waals surface area contributed by atoms with Crippen LogP contribution < -0.4 is 0 Å². The average molecular weight is 391 g/mol. The van der Waals surface area contributed by atoms with Crippen molar-refractivity contribution in [3.63, 3.8) is 0 Å². The van der Waals surface area contributed by atoms with Gasteiger partial charge in [0.15, 0.2) is 6.10 Å². The van der Waals surface area contributed by atoms with E-state index in [-0.39, 0.29) is 17.3 Å². The van der Waals surface area contributed by atoms with Crippen molar-refractivity contribution < 1.29 is 14.6 Å². The van der Waals surface area contributed by atoms with Crippen LogP contribution in [0.3, 0.4) is 0 Å². The van der Waals surface area contributed by atoms with Crippen LogP contribution in [0, 0.1) is 5.92 Å². The normalized spacial score (nSPS) is 14.6. The minimum atomic E-state index is -1.12. The molecule has 1 N–H and O–H groups in total. The van der Waals surface area contributed by atoms with Crippen LogP contribution >= 0.6 is 0 Å². The lowest BCUT2D eigenvalue weighted by molar-refractivity contribution is -0.155. The van der Waals surface area contributed by atoms with Gasteiger partial charge in [0.25, 0.3) is 0 Å². The quantitative estimate of drug-likeness (QED) is 0.530. The van der Waals surface area contributed by atoms with Crippen molar-refractivity contribution in [3.05, 3.63) is 34.9 Å². The van der Waals surface area contributed by atoms with E-state index < -0.39 is 12.1 Å². The fraction of sp³-hybridized carbons (Fsp3) is 0.720. The van der Waals surface area contributed by atoms with Gasteiger partial charge in [-0.2, -0.15) is 0 Å². The Morgan fingerprint density at radius 3 is 1.96 bits per heavy atom. The molecule has 1 aromatic rings. The topological polar surface area (TPSA) is 46.5 Å². The van der Waals surface area contributed by atoms with E-state index in [1.165, 1.54) is 11.1 Å². The van der Waals surface area contributed by atoms with Crippen LogP contribution in [0.4, 0.5) is 0 Å². The predicted molar refractivity (Wildman–Crippen MR) is 118 cm³/mol. The largest absolute Gasteiger partial charge is 0.463 e. The van der Waals surface area contributed by atoms with Gasteiger partial charge in [-0.05, 0) is 39.9 Å². The molecular weight excluding hydrogens is 348 g/mol. The molecule has 28 heavy (non-hydrogen) atoms. The van der Waals surface area contributed by atoms with Gasteiger partial charge in [-0.1, -0.05) is 92.9 Å². The second-order valence-corrected chi connectivity index (χ2v) is 10.2. The van der Waals surface area contributed by atoms with Gasteiger partial charge in [-0.25, -0.2) is 4.79 Å². The highest BCUT2D eigenvalue weighted by molar-refractivity contribution is 5.74. The lowest BCUT2D eigenvalue weighted by atomic mass is 9.79. The Labute approximate surface area is 172 Å². The van der Waals surface area contributed by atoms with Crippen LogP contribution in [-0.4, -0.2) is 23.8 Å². The first-order valence-corrected chi connectivity index (χ1v) is 10.9. The molecule has 0 aromatic heterocycles. The number of unbranched alkanes of at least 4 members (excludes halogenated alkanes) is 1. The molecule has 0 aliphatic carbocycles. The average Bonchev–Trinajstić information content (AvgIpc) is 2.59. The van der Waals surface area contributed by atoms with Crippen molar-refractivity contribution in [2.75, 3.05) is 6.61 Å². The number of carbonyl (C=O) groups excluding carboxylic acids is 1. The van der Waals surface area contributed by atoms with Crippen LogP contribution in [0.25, 0.3) is 0 Å². The molecule has 0 aliphatic rings. The van der Waals surface area contributed by atoms with Gasteiger partial charge in [-0.15, -0.1) is 0 Å². The van der Waals surface area contributed by atoms with Crippen molar-refractivity contribution in [1.82, 2.24) is 0 Å². The highest BCUT2D eigenvalue weighted by Gasteiger charge is 2.23. The molecule has 0 amide bonds. The molecule has 0 fully saturated rings. The number of carbonyl (C=O) groups is 1. The molecule has 2 unspecified atom stereocenters. The summed E-state index contributed by atoms with van der Waals surface area (Å²) in [5, 5.41) is 10.4. The summed E-state index contributed by atoms with van der Waals surface area (Å²) in [6.45, 7) is 17.8. The Balaban J connectivity index is 2.87. The molecule has 1 rings (SSSR count). The summed E-state index contributed by atoms with van der Waals surface area (Å²) >= 11 is 0. The molecule has 0 aliphatic heterocycles. The Morgan fingerprint density at radius 2 is 1.54 bits per heavy atom. The number of rotatable bonds is 9. The maximum Gasteiger partial charge on any atom is 0.335 e. The summed E-state index contributed by atoms with van der Waals surface area (Å²) in [7, 11) is 0. The smallest absolute Gasteiger partial charge is 0.335 e. The monoisotopic (exact) mass is 390 g/mol. The third-order valence-electron chi connectivity index (χ3n) is 5.43. The van der Waals surface area contributed by atoms with Crippen molar-refractivity contribution in [3.8, 4) is 0 Å². The number of hydrogen-bond acceptors (Lipinski definition) is 3. The first-order valence-electron chi connectivity index (χ1n) is 10.9. The van der Waals surface area contributed by atoms with E-state index in [2.05, 4.69) is 73.6 Å². The van der Waals surface area contributed by atoms with Crippen LogP contribution in [0.1, 0.15) is 97.8 Å². The highest BCUT2D eigenvalue weighted by atomic mass is 16.5. The van der Waals surface area contributed by atoms with Crippen molar-refractivity contribution >= 4 is 5.97 Å². The number of ether oxygens (including phenoxy) is 1.